The molecular weight excluding hydrogens is 346 g/mol. The topological polar surface area (TPSA) is 81.4 Å². The van der Waals surface area contributed by atoms with Gasteiger partial charge in [-0.05, 0) is 24.6 Å². The van der Waals surface area contributed by atoms with Gasteiger partial charge >= 0.3 is 0 Å². The van der Waals surface area contributed by atoms with Gasteiger partial charge in [-0.1, -0.05) is 35.1 Å². The van der Waals surface area contributed by atoms with E-state index in [0.717, 1.165) is 11.3 Å². The third-order valence-corrected chi connectivity index (χ3v) is 6.24. The summed E-state index contributed by atoms with van der Waals surface area (Å²) in [5.41, 5.74) is 0.741. The molecule has 3 aromatic rings. The molecule has 0 fully saturated rings. The molecule has 0 saturated carbocycles. The molecule has 0 radical (unpaired) electrons. The van der Waals surface area contributed by atoms with E-state index in [0.29, 0.717) is 16.3 Å². The minimum absolute atomic E-state index is 0.0661. The average molecular weight is 356 g/mol. The van der Waals surface area contributed by atoms with Crippen molar-refractivity contribution in [1.29, 1.82) is 0 Å². The summed E-state index contributed by atoms with van der Waals surface area (Å²) in [5.74, 6) is -0.187. The molecule has 0 N–H and O–H groups in total. The van der Waals surface area contributed by atoms with Gasteiger partial charge in [-0.2, -0.15) is 4.98 Å². The van der Waals surface area contributed by atoms with Crippen molar-refractivity contribution in [3.8, 4) is 0 Å². The minimum atomic E-state index is -3.62. The van der Waals surface area contributed by atoms with Gasteiger partial charge in [-0.3, -0.25) is 4.79 Å². The number of fused-ring (bicyclic) bond motifs is 1. The fraction of sp³-hybridized carbons (Fsp3) is 0.154. The largest absolute Gasteiger partial charge is 0.274 e. The maximum atomic E-state index is 12.4. The molecule has 22 heavy (non-hydrogen) atoms. The first-order chi connectivity index (χ1) is 10.3. The molecule has 0 saturated heterocycles. The summed E-state index contributed by atoms with van der Waals surface area (Å²) in [6.45, 7) is 1.67. The Kier molecular flexibility index (Phi) is 3.75. The van der Waals surface area contributed by atoms with E-state index in [1.807, 2.05) is 0 Å². The fourth-order valence-corrected chi connectivity index (χ4v) is 4.60. The molecule has 2 aromatic heterocycles. The van der Waals surface area contributed by atoms with Crippen molar-refractivity contribution in [2.45, 2.75) is 17.0 Å². The van der Waals surface area contributed by atoms with E-state index >= 15 is 0 Å². The number of halogens is 1. The molecule has 0 bridgehead atoms. The van der Waals surface area contributed by atoms with Crippen molar-refractivity contribution in [2.24, 2.45) is 0 Å². The van der Waals surface area contributed by atoms with Crippen LogP contribution in [-0.2, 0) is 15.6 Å². The lowest BCUT2D eigenvalue weighted by Gasteiger charge is -2.01. The molecule has 0 amide bonds. The lowest BCUT2D eigenvalue weighted by molar-refractivity contribution is 0.592. The van der Waals surface area contributed by atoms with Gasteiger partial charge in [-0.15, -0.1) is 5.10 Å². The second-order valence-electron chi connectivity index (χ2n) is 4.68. The third-order valence-electron chi connectivity index (χ3n) is 2.95. The highest BCUT2D eigenvalue weighted by molar-refractivity contribution is 7.92. The van der Waals surface area contributed by atoms with Crippen LogP contribution >= 0.6 is 22.9 Å². The van der Waals surface area contributed by atoms with Crippen molar-refractivity contribution in [2.75, 3.05) is 0 Å². The first-order valence-electron chi connectivity index (χ1n) is 6.20. The number of aryl methyl sites for hydroxylation is 1. The monoisotopic (exact) mass is 355 g/mol. The van der Waals surface area contributed by atoms with Crippen molar-refractivity contribution in [1.82, 2.24) is 14.6 Å². The molecule has 0 spiro atoms. The zero-order valence-corrected chi connectivity index (χ0v) is 13.7. The minimum Gasteiger partial charge on any atom is -0.267 e. The van der Waals surface area contributed by atoms with Crippen LogP contribution in [0.4, 0.5) is 0 Å². The number of aromatic nitrogens is 3. The summed E-state index contributed by atoms with van der Waals surface area (Å²) in [4.78, 5) is 15.4. The molecule has 0 aliphatic rings. The summed E-state index contributed by atoms with van der Waals surface area (Å²) in [5, 5.41) is 4.60. The van der Waals surface area contributed by atoms with Crippen LogP contribution < -0.4 is 5.56 Å². The van der Waals surface area contributed by atoms with Gasteiger partial charge in [-0.25, -0.2) is 12.9 Å². The van der Waals surface area contributed by atoms with Gasteiger partial charge in [0.25, 0.3) is 5.56 Å². The van der Waals surface area contributed by atoms with Crippen LogP contribution in [0.3, 0.4) is 0 Å². The van der Waals surface area contributed by atoms with Gasteiger partial charge in [0.1, 0.15) is 0 Å². The van der Waals surface area contributed by atoms with Crippen molar-refractivity contribution >= 4 is 37.7 Å². The normalized spacial score (nSPS) is 11.9. The Morgan fingerprint density at radius 2 is 1.95 bits per heavy atom. The second-order valence-corrected chi connectivity index (χ2v) is 8.24. The van der Waals surface area contributed by atoms with E-state index in [9.17, 15) is 13.2 Å². The smallest absolute Gasteiger partial charge is 0.267 e. The van der Waals surface area contributed by atoms with Gasteiger partial charge < -0.3 is 0 Å². The van der Waals surface area contributed by atoms with E-state index in [4.69, 9.17) is 11.6 Å². The second kappa shape index (κ2) is 5.45. The summed E-state index contributed by atoms with van der Waals surface area (Å²) in [7, 11) is -3.62. The van der Waals surface area contributed by atoms with Crippen LogP contribution in [0.2, 0.25) is 5.02 Å². The first-order valence-corrected chi connectivity index (χ1v) is 9.04. The Labute approximate surface area is 134 Å². The van der Waals surface area contributed by atoms with Crippen LogP contribution in [0.15, 0.2) is 39.5 Å². The molecule has 0 aliphatic carbocycles. The Morgan fingerprint density at radius 3 is 2.64 bits per heavy atom. The SMILES string of the molecule is Cc1cc(=O)nc2sc(S(=O)(=O)Cc3ccc(Cl)cc3)nn12. The van der Waals surface area contributed by atoms with Crippen LogP contribution in [0.1, 0.15) is 11.3 Å². The maximum absolute atomic E-state index is 12.4. The number of hydrogen-bond donors (Lipinski definition) is 0. The van der Waals surface area contributed by atoms with Crippen molar-refractivity contribution < 1.29 is 8.42 Å². The number of sulfone groups is 1. The van der Waals surface area contributed by atoms with E-state index in [1.54, 1.807) is 31.2 Å². The quantitative estimate of drug-likeness (QED) is 0.718. The molecule has 0 unspecified atom stereocenters. The fourth-order valence-electron chi connectivity index (χ4n) is 1.92. The van der Waals surface area contributed by atoms with Crippen LogP contribution in [-0.4, -0.2) is 23.0 Å². The molecule has 1 aromatic carbocycles. The Hall–Kier alpha value is -1.77. The van der Waals surface area contributed by atoms with Crippen LogP contribution in [0.5, 0.6) is 0 Å². The van der Waals surface area contributed by atoms with Crippen molar-refractivity contribution in [3.63, 3.8) is 0 Å². The predicted molar refractivity (Wildman–Crippen MR) is 84.2 cm³/mol. The van der Waals surface area contributed by atoms with Crippen LogP contribution in [0, 0.1) is 6.92 Å². The van der Waals surface area contributed by atoms with E-state index in [1.165, 1.54) is 10.6 Å². The highest BCUT2D eigenvalue weighted by atomic mass is 35.5. The number of rotatable bonds is 3. The average Bonchev–Trinajstić information content (AvgIpc) is 2.86. The Balaban J connectivity index is 2.03. The van der Waals surface area contributed by atoms with E-state index in [2.05, 4.69) is 10.1 Å². The standard InChI is InChI=1S/C13H10ClN3O3S2/c1-8-6-11(18)15-12-17(8)16-13(21-12)22(19,20)7-9-2-4-10(14)5-3-9/h2-6H,7H2,1H3. The van der Waals surface area contributed by atoms with Crippen molar-refractivity contribution in [3.05, 3.63) is 57.0 Å². The lowest BCUT2D eigenvalue weighted by Crippen LogP contribution is -2.09. The molecule has 9 heteroatoms. The highest BCUT2D eigenvalue weighted by Crippen LogP contribution is 2.22. The zero-order valence-electron chi connectivity index (χ0n) is 11.4. The number of hydrogen-bond acceptors (Lipinski definition) is 6. The number of benzene rings is 1. The van der Waals surface area contributed by atoms with Gasteiger partial charge in [0.2, 0.25) is 19.1 Å². The Bertz CT molecular complexity index is 1010. The molecule has 0 atom stereocenters. The summed E-state index contributed by atoms with van der Waals surface area (Å²) in [6, 6.07) is 7.88. The molecule has 0 aliphatic heterocycles. The van der Waals surface area contributed by atoms with Crippen LogP contribution in [0.25, 0.3) is 4.96 Å². The first kappa shape index (κ1) is 15.1. The Morgan fingerprint density at radius 1 is 1.27 bits per heavy atom. The maximum Gasteiger partial charge on any atom is 0.274 e. The van der Waals surface area contributed by atoms with Gasteiger partial charge in [0.15, 0.2) is 0 Å². The molecule has 2 heterocycles. The van der Waals surface area contributed by atoms with E-state index in [-0.39, 0.29) is 15.1 Å². The summed E-state index contributed by atoms with van der Waals surface area (Å²) < 4.78 is 26.2. The van der Waals surface area contributed by atoms with Gasteiger partial charge in [0, 0.05) is 16.8 Å². The molecule has 6 nitrogen and oxygen atoms in total. The zero-order chi connectivity index (χ0) is 15.9. The molecule has 114 valence electrons. The lowest BCUT2D eigenvalue weighted by atomic mass is 10.2. The predicted octanol–water partition coefficient (Wildman–Crippen LogP) is 2.09. The summed E-state index contributed by atoms with van der Waals surface area (Å²) >= 11 is 6.67. The third kappa shape index (κ3) is 2.90. The number of nitrogens with zero attached hydrogens (tertiary/aromatic N) is 3. The van der Waals surface area contributed by atoms with Gasteiger partial charge in [0.05, 0.1) is 5.75 Å². The summed E-state index contributed by atoms with van der Waals surface area (Å²) in [6.07, 6.45) is 0. The highest BCUT2D eigenvalue weighted by Gasteiger charge is 2.21. The van der Waals surface area contributed by atoms with E-state index < -0.39 is 15.4 Å². The molecular formula is C13H10ClN3O3S2. The molecule has 3 rings (SSSR count).